The summed E-state index contributed by atoms with van der Waals surface area (Å²) in [5.74, 6) is 0. The molecule has 0 fully saturated rings. The molecule has 0 unspecified atom stereocenters. The monoisotopic (exact) mass is 397 g/mol. The molecule has 0 N–H and O–H groups in total. The third-order valence-corrected chi connectivity index (χ3v) is 2.06. The normalized spacial score (nSPS) is 10.2. The van der Waals surface area contributed by atoms with Crippen molar-refractivity contribution in [3.63, 3.8) is 0 Å². The molecule has 0 aromatic heterocycles. The van der Waals surface area contributed by atoms with E-state index >= 15 is 0 Å². The van der Waals surface area contributed by atoms with Crippen LogP contribution in [0.3, 0.4) is 0 Å². The van der Waals surface area contributed by atoms with Crippen molar-refractivity contribution in [3.8, 4) is 0 Å². The molecule has 0 heterocycles. The van der Waals surface area contributed by atoms with Crippen molar-refractivity contribution in [2.75, 3.05) is 0 Å². The maximum absolute atomic E-state index is 4.06. The van der Waals surface area contributed by atoms with Crippen LogP contribution < -0.4 is 0 Å². The first-order valence-corrected chi connectivity index (χ1v) is 4.02. The molecular formula is C11H13NU. The molecule has 0 saturated carbocycles. The van der Waals surface area contributed by atoms with Crippen LogP contribution in [0, 0.1) is 58.0 Å². The van der Waals surface area contributed by atoms with E-state index in [1.54, 1.807) is 6.92 Å². The molecular weight excluding hydrogens is 384 g/mol. The zero-order chi connectivity index (χ0) is 9.14. The van der Waals surface area contributed by atoms with Crippen LogP contribution in [0.5, 0.6) is 0 Å². The second kappa shape index (κ2) is 5.63. The number of nitrogens with zero attached hydrogens (tertiary/aromatic N) is 1. The summed E-state index contributed by atoms with van der Waals surface area (Å²) in [6, 6.07) is 5.21. The molecule has 1 aromatic rings. The molecule has 0 saturated heterocycles. The van der Waals surface area contributed by atoms with Crippen molar-refractivity contribution >= 4 is 11.9 Å². The summed E-state index contributed by atoms with van der Waals surface area (Å²) >= 11 is 0. The Hall–Kier alpha value is -0.0581. The minimum Gasteiger partial charge on any atom is -0.482 e. The van der Waals surface area contributed by atoms with E-state index in [1.807, 2.05) is 6.07 Å². The minimum absolute atomic E-state index is 0. The van der Waals surface area contributed by atoms with Gasteiger partial charge in [0.2, 0.25) is 0 Å². The fraction of sp³-hybridized carbons (Fsp3) is 0.364. The van der Waals surface area contributed by atoms with Crippen molar-refractivity contribution in [1.29, 1.82) is 0 Å². The van der Waals surface area contributed by atoms with Crippen LogP contribution in [0.2, 0.25) is 0 Å². The van der Waals surface area contributed by atoms with E-state index in [0.29, 0.717) is 0 Å². The SMILES string of the molecule is C[C-]=Nc1[c-]c(C)c(C)c(C)c1.[U+2]. The summed E-state index contributed by atoms with van der Waals surface area (Å²) in [6.45, 7) is 8.03. The zero-order valence-corrected chi connectivity index (χ0v) is 12.7. The van der Waals surface area contributed by atoms with Crippen molar-refractivity contribution in [3.05, 3.63) is 28.8 Å². The predicted molar refractivity (Wildman–Crippen MR) is 52.3 cm³/mol. The van der Waals surface area contributed by atoms with Gasteiger partial charge < -0.3 is 4.99 Å². The zero-order valence-electron chi connectivity index (χ0n) is 8.52. The molecule has 0 aliphatic carbocycles. The Morgan fingerprint density at radius 1 is 1.31 bits per heavy atom. The average molecular weight is 397 g/mol. The second-order valence-corrected chi connectivity index (χ2v) is 2.92. The van der Waals surface area contributed by atoms with E-state index in [9.17, 15) is 0 Å². The number of rotatable bonds is 1. The fourth-order valence-electron chi connectivity index (χ4n) is 1.11. The molecule has 0 aliphatic heterocycles. The standard InChI is InChI=1S/C11H13N.U/c1-5-12-11-6-8(2)10(4)9(3)7-11;/h6H,1-4H3;/q-2;+2. The number of aliphatic imine (C=N–C) groups is 1. The molecule has 1 aromatic carbocycles. The summed E-state index contributed by atoms with van der Waals surface area (Å²) in [4.78, 5) is 4.06. The van der Waals surface area contributed by atoms with E-state index in [0.717, 1.165) is 5.69 Å². The minimum atomic E-state index is 0. The maximum Gasteiger partial charge on any atom is 2.00 e. The van der Waals surface area contributed by atoms with Gasteiger partial charge in [0.05, 0.1) is 0 Å². The first-order chi connectivity index (χ1) is 5.65. The topological polar surface area (TPSA) is 12.4 Å². The van der Waals surface area contributed by atoms with Gasteiger partial charge in [-0.2, -0.15) is 22.9 Å². The number of hydrogen-bond donors (Lipinski definition) is 0. The van der Waals surface area contributed by atoms with Gasteiger partial charge in [-0.05, 0) is 0 Å². The molecule has 1 rings (SSSR count). The Balaban J connectivity index is 0.00000144. The van der Waals surface area contributed by atoms with Crippen LogP contribution in [0.1, 0.15) is 23.6 Å². The van der Waals surface area contributed by atoms with Gasteiger partial charge in [0.15, 0.2) is 0 Å². The summed E-state index contributed by atoms with van der Waals surface area (Å²) in [6.07, 6.45) is 2.75. The molecule has 2 heteroatoms. The van der Waals surface area contributed by atoms with Crippen LogP contribution in [0.4, 0.5) is 5.69 Å². The van der Waals surface area contributed by atoms with Crippen LogP contribution in [0.25, 0.3) is 0 Å². The smallest absolute Gasteiger partial charge is 0.482 e. The first-order valence-electron chi connectivity index (χ1n) is 4.02. The second-order valence-electron chi connectivity index (χ2n) is 2.92. The Morgan fingerprint density at radius 3 is 2.38 bits per heavy atom. The van der Waals surface area contributed by atoms with Crippen LogP contribution in [0.15, 0.2) is 11.1 Å². The van der Waals surface area contributed by atoms with E-state index in [4.69, 9.17) is 0 Å². The van der Waals surface area contributed by atoms with Gasteiger partial charge in [0, 0.05) is 0 Å². The number of aryl methyl sites for hydroxylation is 2. The predicted octanol–water partition coefficient (Wildman–Crippen LogP) is 3.01. The third-order valence-electron chi connectivity index (χ3n) is 2.06. The fourth-order valence-corrected chi connectivity index (χ4v) is 1.11. The van der Waals surface area contributed by atoms with Gasteiger partial charge in [-0.15, -0.1) is 6.92 Å². The Labute approximate surface area is 104 Å². The van der Waals surface area contributed by atoms with Crippen LogP contribution in [-0.2, 0) is 0 Å². The molecule has 0 amide bonds. The first kappa shape index (κ1) is 12.9. The van der Waals surface area contributed by atoms with Crippen LogP contribution >= 0.6 is 0 Å². The van der Waals surface area contributed by atoms with Gasteiger partial charge in [0.25, 0.3) is 0 Å². The molecule has 13 heavy (non-hydrogen) atoms. The number of hydrogen-bond acceptors (Lipinski definition) is 1. The number of benzene rings is 1. The molecule has 0 radical (unpaired) electrons. The third kappa shape index (κ3) is 3.29. The Kier molecular flexibility index (Phi) is 5.60. The van der Waals surface area contributed by atoms with Crippen molar-refractivity contribution < 1.29 is 31.1 Å². The van der Waals surface area contributed by atoms with E-state index < -0.39 is 0 Å². The van der Waals surface area contributed by atoms with Gasteiger partial charge in [-0.3, -0.25) is 6.07 Å². The Morgan fingerprint density at radius 2 is 1.92 bits per heavy atom. The van der Waals surface area contributed by atoms with E-state index in [2.05, 4.69) is 38.0 Å². The van der Waals surface area contributed by atoms with Crippen LogP contribution in [-0.4, -0.2) is 6.21 Å². The molecule has 1 nitrogen and oxygen atoms in total. The summed E-state index contributed by atoms with van der Waals surface area (Å²) < 4.78 is 0. The maximum atomic E-state index is 4.06. The van der Waals surface area contributed by atoms with Crippen molar-refractivity contribution in [1.82, 2.24) is 0 Å². The Bertz CT molecular complexity index is 293. The largest absolute Gasteiger partial charge is 2.00 e. The average Bonchev–Trinajstić information content (AvgIpc) is 2.01. The molecule has 66 valence electrons. The molecule has 0 aliphatic rings. The molecule has 0 spiro atoms. The molecule has 0 atom stereocenters. The quantitative estimate of drug-likeness (QED) is 0.511. The molecule has 0 bridgehead atoms. The van der Waals surface area contributed by atoms with E-state index in [1.165, 1.54) is 16.7 Å². The van der Waals surface area contributed by atoms with E-state index in [-0.39, 0.29) is 31.1 Å². The van der Waals surface area contributed by atoms with Gasteiger partial charge in [-0.1, -0.05) is 20.8 Å². The summed E-state index contributed by atoms with van der Waals surface area (Å²) in [5.41, 5.74) is 4.60. The van der Waals surface area contributed by atoms with Crippen molar-refractivity contribution in [2.45, 2.75) is 27.7 Å². The van der Waals surface area contributed by atoms with Gasteiger partial charge in [-0.25, -0.2) is 11.8 Å². The summed E-state index contributed by atoms with van der Waals surface area (Å²) in [5, 5.41) is 0. The van der Waals surface area contributed by atoms with Crippen molar-refractivity contribution in [2.24, 2.45) is 4.99 Å². The van der Waals surface area contributed by atoms with Gasteiger partial charge in [0.1, 0.15) is 0 Å². The summed E-state index contributed by atoms with van der Waals surface area (Å²) in [7, 11) is 0. The van der Waals surface area contributed by atoms with Gasteiger partial charge >= 0.3 is 31.1 Å².